The van der Waals surface area contributed by atoms with Crippen molar-refractivity contribution in [2.24, 2.45) is 0 Å². The van der Waals surface area contributed by atoms with Gasteiger partial charge in [-0.2, -0.15) is 0 Å². The van der Waals surface area contributed by atoms with Crippen molar-refractivity contribution < 1.29 is 9.90 Å². The molecule has 122 valence electrons. The number of halogens is 1. The summed E-state index contributed by atoms with van der Waals surface area (Å²) in [5.74, 6) is 0.296. The van der Waals surface area contributed by atoms with E-state index in [9.17, 15) is 4.79 Å². The molecule has 1 amide bonds. The number of carboxylic acid groups (broad SMARTS) is 1. The van der Waals surface area contributed by atoms with Crippen molar-refractivity contribution in [3.63, 3.8) is 0 Å². The molecule has 0 atom stereocenters. The molecule has 5 nitrogen and oxygen atoms in total. The number of carbonyl (C=O) groups is 1. The van der Waals surface area contributed by atoms with E-state index in [4.69, 9.17) is 16.7 Å². The Labute approximate surface area is 144 Å². The molecule has 2 heterocycles. The summed E-state index contributed by atoms with van der Waals surface area (Å²) < 4.78 is 0. The number of anilines is 1. The number of hydrogen-bond acceptors (Lipinski definition) is 3. The molecule has 1 aliphatic rings. The number of rotatable bonds is 2. The molecule has 0 unspecified atom stereocenters. The maximum Gasteiger partial charge on any atom is 0.410 e. The minimum atomic E-state index is -1.14. The van der Waals surface area contributed by atoms with Gasteiger partial charge in [0.1, 0.15) is 5.82 Å². The highest BCUT2D eigenvalue weighted by Gasteiger charge is 2.06. The first-order valence-electron chi connectivity index (χ1n) is 7.63. The Hall–Kier alpha value is -2.66. The fourth-order valence-electron chi connectivity index (χ4n) is 2.10. The van der Waals surface area contributed by atoms with Gasteiger partial charge in [0.25, 0.3) is 0 Å². The second-order valence-corrected chi connectivity index (χ2v) is 5.89. The van der Waals surface area contributed by atoms with Crippen molar-refractivity contribution in [1.29, 1.82) is 0 Å². The summed E-state index contributed by atoms with van der Waals surface area (Å²) in [7, 11) is 0. The van der Waals surface area contributed by atoms with Crippen molar-refractivity contribution in [2.45, 2.75) is 19.3 Å². The Bertz CT molecular complexity index is 878. The van der Waals surface area contributed by atoms with E-state index in [1.54, 1.807) is 24.7 Å². The fraction of sp³-hybridized carbons (Fsp3) is 0.167. The Morgan fingerprint density at radius 2 is 1.88 bits per heavy atom. The molecule has 1 aliphatic carbocycles. The van der Waals surface area contributed by atoms with Gasteiger partial charge < -0.3 is 5.11 Å². The van der Waals surface area contributed by atoms with Gasteiger partial charge in [-0.3, -0.25) is 10.3 Å². The molecular formula is C18H16ClN3O2. The van der Waals surface area contributed by atoms with E-state index in [1.165, 1.54) is 19.3 Å². The van der Waals surface area contributed by atoms with Crippen LogP contribution in [0.4, 0.5) is 10.6 Å². The van der Waals surface area contributed by atoms with Crippen LogP contribution in [-0.4, -0.2) is 21.2 Å². The monoisotopic (exact) mass is 341 g/mol. The molecule has 0 spiro atoms. The Morgan fingerprint density at radius 3 is 2.54 bits per heavy atom. The van der Waals surface area contributed by atoms with Gasteiger partial charge >= 0.3 is 6.09 Å². The molecule has 24 heavy (non-hydrogen) atoms. The van der Waals surface area contributed by atoms with E-state index in [0.717, 1.165) is 21.9 Å². The first-order chi connectivity index (χ1) is 11.6. The molecule has 0 bridgehead atoms. The van der Waals surface area contributed by atoms with E-state index in [2.05, 4.69) is 15.3 Å². The maximum absolute atomic E-state index is 10.6. The van der Waals surface area contributed by atoms with Crippen LogP contribution in [0, 0.1) is 0 Å². The lowest BCUT2D eigenvalue weighted by Gasteiger charge is -2.07. The van der Waals surface area contributed by atoms with Crippen LogP contribution in [0.2, 0.25) is 5.02 Å². The number of fused-ring (bicyclic) bond motifs is 1. The Kier molecular flexibility index (Phi) is 4.91. The third-order valence-corrected chi connectivity index (χ3v) is 3.69. The van der Waals surface area contributed by atoms with E-state index in [0.29, 0.717) is 10.8 Å². The molecule has 3 aromatic rings. The van der Waals surface area contributed by atoms with Crippen LogP contribution in [-0.2, 0) is 0 Å². The van der Waals surface area contributed by atoms with Crippen LogP contribution < -0.4 is 5.32 Å². The van der Waals surface area contributed by atoms with Gasteiger partial charge in [-0.05, 0) is 29.1 Å². The standard InChI is InChI=1S/C15H10ClN3O2.C3H6/c16-13-8-17-4-3-12(13)10-2-1-9-6-14(19-15(20)21)18-7-11(9)5-10;1-2-3-1/h1-8H,(H,18,19)(H,20,21);1-3H2. The summed E-state index contributed by atoms with van der Waals surface area (Å²) in [5.41, 5.74) is 1.84. The topological polar surface area (TPSA) is 75.1 Å². The smallest absolute Gasteiger partial charge is 0.410 e. The average molecular weight is 342 g/mol. The van der Waals surface area contributed by atoms with E-state index in [1.807, 2.05) is 24.3 Å². The van der Waals surface area contributed by atoms with Crippen molar-refractivity contribution in [3.8, 4) is 11.1 Å². The van der Waals surface area contributed by atoms with Gasteiger partial charge in [-0.15, -0.1) is 0 Å². The number of pyridine rings is 2. The van der Waals surface area contributed by atoms with Gasteiger partial charge in [0.05, 0.1) is 5.02 Å². The van der Waals surface area contributed by atoms with Crippen LogP contribution in [0.15, 0.2) is 48.9 Å². The molecule has 1 fully saturated rings. The quantitative estimate of drug-likeness (QED) is 0.670. The van der Waals surface area contributed by atoms with Gasteiger partial charge in [0, 0.05) is 29.5 Å². The molecule has 1 saturated carbocycles. The van der Waals surface area contributed by atoms with Gasteiger partial charge in [-0.1, -0.05) is 43.0 Å². The van der Waals surface area contributed by atoms with Gasteiger partial charge in [0.15, 0.2) is 0 Å². The minimum Gasteiger partial charge on any atom is -0.465 e. The number of nitrogens with zero attached hydrogens (tertiary/aromatic N) is 2. The predicted octanol–water partition coefficient (Wildman–Crippen LogP) is 5.21. The molecular weight excluding hydrogens is 326 g/mol. The molecule has 1 aromatic carbocycles. The summed E-state index contributed by atoms with van der Waals surface area (Å²) in [6.07, 6.45) is 8.27. The molecule has 0 aliphatic heterocycles. The van der Waals surface area contributed by atoms with Crippen molar-refractivity contribution in [1.82, 2.24) is 9.97 Å². The summed E-state index contributed by atoms with van der Waals surface area (Å²) >= 11 is 6.14. The number of benzene rings is 1. The zero-order valence-electron chi connectivity index (χ0n) is 12.9. The van der Waals surface area contributed by atoms with Crippen molar-refractivity contribution >= 4 is 34.3 Å². The molecule has 2 aromatic heterocycles. The zero-order chi connectivity index (χ0) is 16.9. The number of hydrogen-bond donors (Lipinski definition) is 2. The van der Waals surface area contributed by atoms with Crippen LogP contribution >= 0.6 is 11.6 Å². The molecule has 2 N–H and O–H groups in total. The van der Waals surface area contributed by atoms with Crippen molar-refractivity contribution in [3.05, 3.63) is 53.9 Å². The van der Waals surface area contributed by atoms with Gasteiger partial charge in [-0.25, -0.2) is 9.78 Å². The summed E-state index contributed by atoms with van der Waals surface area (Å²) in [5, 5.41) is 13.3. The highest BCUT2D eigenvalue weighted by Crippen LogP contribution is 2.29. The van der Waals surface area contributed by atoms with E-state index < -0.39 is 6.09 Å². The minimum absolute atomic E-state index is 0.296. The Morgan fingerprint density at radius 1 is 1.08 bits per heavy atom. The zero-order valence-corrected chi connectivity index (χ0v) is 13.6. The van der Waals surface area contributed by atoms with Crippen LogP contribution in [0.25, 0.3) is 21.9 Å². The van der Waals surface area contributed by atoms with Crippen LogP contribution in [0.1, 0.15) is 19.3 Å². The first-order valence-corrected chi connectivity index (χ1v) is 8.01. The lowest BCUT2D eigenvalue weighted by atomic mass is 10.0. The molecule has 4 rings (SSSR count). The van der Waals surface area contributed by atoms with E-state index in [-0.39, 0.29) is 0 Å². The van der Waals surface area contributed by atoms with Crippen LogP contribution in [0.5, 0.6) is 0 Å². The Balaban J connectivity index is 0.000000508. The lowest BCUT2D eigenvalue weighted by molar-refractivity contribution is 0.209. The third kappa shape index (κ3) is 4.20. The molecule has 0 saturated heterocycles. The SMILES string of the molecule is C1CC1.O=C(O)Nc1cc2ccc(-c3ccncc3Cl)cc2cn1. The lowest BCUT2D eigenvalue weighted by Crippen LogP contribution is -2.08. The second-order valence-electron chi connectivity index (χ2n) is 5.48. The highest BCUT2D eigenvalue weighted by molar-refractivity contribution is 6.33. The normalized spacial score (nSPS) is 12.2. The first kappa shape index (κ1) is 16.2. The number of amides is 1. The summed E-state index contributed by atoms with van der Waals surface area (Å²) in [6, 6.07) is 9.30. The van der Waals surface area contributed by atoms with Crippen molar-refractivity contribution in [2.75, 3.05) is 5.32 Å². The fourth-order valence-corrected chi connectivity index (χ4v) is 2.32. The third-order valence-electron chi connectivity index (χ3n) is 3.39. The van der Waals surface area contributed by atoms with Crippen LogP contribution in [0.3, 0.4) is 0 Å². The second kappa shape index (κ2) is 7.27. The summed E-state index contributed by atoms with van der Waals surface area (Å²) in [4.78, 5) is 18.6. The van der Waals surface area contributed by atoms with Gasteiger partial charge in [0.2, 0.25) is 0 Å². The van der Waals surface area contributed by atoms with E-state index >= 15 is 0 Å². The number of nitrogens with one attached hydrogen (secondary N) is 1. The largest absolute Gasteiger partial charge is 0.465 e. The predicted molar refractivity (Wildman–Crippen MR) is 95.5 cm³/mol. The average Bonchev–Trinajstić information content (AvgIpc) is 3.43. The summed E-state index contributed by atoms with van der Waals surface area (Å²) in [6.45, 7) is 0. The number of aromatic nitrogens is 2. The molecule has 6 heteroatoms. The highest BCUT2D eigenvalue weighted by atomic mass is 35.5. The maximum atomic E-state index is 10.6. The molecule has 0 radical (unpaired) electrons.